The molecule has 0 spiro atoms. The summed E-state index contributed by atoms with van der Waals surface area (Å²) in [4.78, 5) is 11.6. The molecule has 0 aliphatic heterocycles. The van der Waals surface area contributed by atoms with E-state index in [9.17, 15) is 9.90 Å². The number of fused-ring (bicyclic) bond motifs is 1. The van der Waals surface area contributed by atoms with Gasteiger partial charge in [-0.15, -0.1) is 0 Å². The molecule has 4 nitrogen and oxygen atoms in total. The number of ether oxygens (including phenoxy) is 1. The maximum atomic E-state index is 11.6. The zero-order chi connectivity index (χ0) is 12.4. The first-order valence-electron chi connectivity index (χ1n) is 5.35. The summed E-state index contributed by atoms with van der Waals surface area (Å²) in [6.45, 7) is 3.77. The largest absolute Gasteiger partial charge is 0.508 e. The molecule has 1 aromatic carbocycles. The summed E-state index contributed by atoms with van der Waals surface area (Å²) in [5.74, 6) is 0.204. The quantitative estimate of drug-likeness (QED) is 0.640. The highest BCUT2D eigenvalue weighted by Crippen LogP contribution is 2.24. The Kier molecular flexibility index (Phi) is 2.95. The Bertz CT molecular complexity index is 575. The van der Waals surface area contributed by atoms with Crippen LogP contribution < -0.4 is 0 Å². The number of phenols is 1. The maximum Gasteiger partial charge on any atom is 0.363 e. The minimum absolute atomic E-state index is 0.129. The fraction of sp³-hybridized carbons (Fsp3) is 0.231. The lowest BCUT2D eigenvalue weighted by molar-refractivity contribution is 0.0523. The summed E-state index contributed by atoms with van der Waals surface area (Å²) >= 11 is 0. The molecule has 0 saturated carbocycles. The van der Waals surface area contributed by atoms with Crippen LogP contribution in [-0.4, -0.2) is 17.7 Å². The van der Waals surface area contributed by atoms with Gasteiger partial charge in [0.25, 0.3) is 0 Å². The topological polar surface area (TPSA) is 57.8 Å². The van der Waals surface area contributed by atoms with E-state index in [4.69, 9.17) is 9.15 Å². The van der Waals surface area contributed by atoms with Crippen molar-refractivity contribution < 1.29 is 19.1 Å². The number of carbonyl (C=O) groups is 1. The van der Waals surface area contributed by atoms with E-state index in [1.54, 1.807) is 32.0 Å². The maximum absolute atomic E-state index is 11.6. The number of rotatable bonds is 2. The Morgan fingerprint density at radius 3 is 2.88 bits per heavy atom. The Balaban J connectivity index is 2.55. The van der Waals surface area contributed by atoms with Crippen molar-refractivity contribution in [2.45, 2.75) is 13.8 Å². The molecule has 1 N–H and O–H groups in total. The summed E-state index contributed by atoms with van der Waals surface area (Å²) < 4.78 is 10.4. The zero-order valence-electron chi connectivity index (χ0n) is 9.69. The van der Waals surface area contributed by atoms with Crippen molar-refractivity contribution in [3.63, 3.8) is 0 Å². The number of esters is 1. The number of aromatic hydroxyl groups is 1. The van der Waals surface area contributed by atoms with Crippen LogP contribution in [0.3, 0.4) is 0 Å². The molecular weight excluding hydrogens is 220 g/mol. The average molecular weight is 233 g/mol. The number of hydrogen-bond donors (Lipinski definition) is 1. The number of aryl methyl sites for hydroxylation is 1. The van der Waals surface area contributed by atoms with E-state index in [0.717, 1.165) is 5.39 Å². The lowest BCUT2D eigenvalue weighted by Gasteiger charge is -2.00. The molecule has 2 rings (SSSR count). The van der Waals surface area contributed by atoms with Gasteiger partial charge in [-0.3, -0.25) is 0 Å². The number of phenolic OH excluding ortho intramolecular Hbond substituents is 1. The third kappa shape index (κ3) is 2.20. The monoisotopic (exact) mass is 233 g/mol. The van der Waals surface area contributed by atoms with E-state index >= 15 is 0 Å². The highest BCUT2D eigenvalue weighted by atomic mass is 16.5. The molecule has 4 heteroatoms. The number of hydrogen-bond acceptors (Lipinski definition) is 3. The molecule has 2 aromatic rings. The van der Waals surface area contributed by atoms with Crippen molar-refractivity contribution in [1.82, 2.24) is 0 Å². The van der Waals surface area contributed by atoms with Crippen LogP contribution in [0.4, 0.5) is 0 Å². The second-order valence-electron chi connectivity index (χ2n) is 3.66. The minimum atomic E-state index is -0.399. The van der Waals surface area contributed by atoms with Gasteiger partial charge in [0.1, 0.15) is 5.75 Å². The normalized spacial score (nSPS) is 10.5. The highest BCUT2D eigenvalue weighted by molar-refractivity contribution is 5.94. The third-order valence-electron chi connectivity index (χ3n) is 2.43. The van der Waals surface area contributed by atoms with E-state index in [-0.39, 0.29) is 5.75 Å². The van der Waals surface area contributed by atoms with Gasteiger partial charge in [0.05, 0.1) is 25.0 Å². The van der Waals surface area contributed by atoms with Gasteiger partial charge in [-0.1, -0.05) is 0 Å². The van der Waals surface area contributed by atoms with Crippen molar-refractivity contribution >= 4 is 16.9 Å². The minimum Gasteiger partial charge on any atom is -0.508 e. The second kappa shape index (κ2) is 4.41. The van der Waals surface area contributed by atoms with Gasteiger partial charge in [-0.05, 0) is 25.1 Å². The molecular formula is C13H13O4+. The van der Waals surface area contributed by atoms with Gasteiger partial charge in [0.2, 0.25) is 0 Å². The molecule has 17 heavy (non-hydrogen) atoms. The predicted octanol–water partition coefficient (Wildman–Crippen LogP) is 2.90. The fourth-order valence-electron chi connectivity index (χ4n) is 1.62. The molecule has 0 aliphatic carbocycles. The van der Waals surface area contributed by atoms with Crippen LogP contribution in [0, 0.1) is 6.92 Å². The summed E-state index contributed by atoms with van der Waals surface area (Å²) in [7, 11) is 0. The molecule has 88 valence electrons. The first-order chi connectivity index (χ1) is 8.11. The average Bonchev–Trinajstić information content (AvgIpc) is 2.28. The van der Waals surface area contributed by atoms with Gasteiger partial charge in [-0.25, -0.2) is 9.21 Å². The van der Waals surface area contributed by atoms with Crippen LogP contribution in [0.1, 0.15) is 23.0 Å². The van der Waals surface area contributed by atoms with E-state index in [0.29, 0.717) is 23.5 Å². The number of benzene rings is 1. The molecule has 1 aromatic heterocycles. The molecule has 0 radical (unpaired) electrons. The van der Waals surface area contributed by atoms with E-state index in [1.807, 2.05) is 0 Å². The smallest absolute Gasteiger partial charge is 0.363 e. The van der Waals surface area contributed by atoms with Crippen LogP contribution >= 0.6 is 0 Å². The lowest BCUT2D eigenvalue weighted by Crippen LogP contribution is -2.06. The number of carbonyl (C=O) groups excluding carboxylic acids is 1. The standard InChI is InChI=1S/C13H12O4/c1-3-16-13(15)11-6-9-4-5-10(14)7-12(9)17-8(11)2/h4-7H,3H2,1-2H3/p+1. The molecule has 1 heterocycles. The molecule has 0 atom stereocenters. The lowest BCUT2D eigenvalue weighted by atomic mass is 10.1. The van der Waals surface area contributed by atoms with Gasteiger partial charge >= 0.3 is 17.3 Å². The van der Waals surface area contributed by atoms with Gasteiger partial charge < -0.3 is 9.84 Å². The Morgan fingerprint density at radius 2 is 2.18 bits per heavy atom. The van der Waals surface area contributed by atoms with Crippen molar-refractivity contribution in [3.05, 3.63) is 35.6 Å². The van der Waals surface area contributed by atoms with Crippen LogP contribution in [-0.2, 0) is 4.74 Å². The Labute approximate surface area is 98.4 Å². The van der Waals surface area contributed by atoms with Crippen molar-refractivity contribution in [3.8, 4) is 5.75 Å². The van der Waals surface area contributed by atoms with Crippen LogP contribution in [0.5, 0.6) is 5.75 Å². The summed E-state index contributed by atoms with van der Waals surface area (Å²) in [5, 5.41) is 10.1. The van der Waals surface area contributed by atoms with E-state index < -0.39 is 5.97 Å². The van der Waals surface area contributed by atoms with Crippen LogP contribution in [0.2, 0.25) is 0 Å². The molecule has 0 unspecified atom stereocenters. The summed E-state index contributed by atoms with van der Waals surface area (Å²) in [5.41, 5.74) is 0.945. The molecule has 0 fully saturated rings. The molecule has 0 amide bonds. The van der Waals surface area contributed by atoms with Crippen LogP contribution in [0.25, 0.3) is 11.0 Å². The molecule has 0 aliphatic rings. The molecule has 0 bridgehead atoms. The Hall–Kier alpha value is -2.10. The highest BCUT2D eigenvalue weighted by Gasteiger charge is 2.21. The van der Waals surface area contributed by atoms with Crippen molar-refractivity contribution in [1.29, 1.82) is 0 Å². The van der Waals surface area contributed by atoms with E-state index in [1.165, 1.54) is 6.07 Å². The van der Waals surface area contributed by atoms with E-state index in [2.05, 4.69) is 0 Å². The van der Waals surface area contributed by atoms with Gasteiger partial charge in [-0.2, -0.15) is 0 Å². The first kappa shape index (κ1) is 11.4. The first-order valence-corrected chi connectivity index (χ1v) is 5.35. The Morgan fingerprint density at radius 1 is 1.41 bits per heavy atom. The van der Waals surface area contributed by atoms with Gasteiger partial charge in [0.15, 0.2) is 5.56 Å². The fourth-order valence-corrected chi connectivity index (χ4v) is 1.62. The van der Waals surface area contributed by atoms with Crippen LogP contribution in [0.15, 0.2) is 28.7 Å². The summed E-state index contributed by atoms with van der Waals surface area (Å²) in [6.07, 6.45) is 0. The molecule has 0 saturated heterocycles. The van der Waals surface area contributed by atoms with Crippen molar-refractivity contribution in [2.24, 2.45) is 0 Å². The second-order valence-corrected chi connectivity index (χ2v) is 3.66. The van der Waals surface area contributed by atoms with Gasteiger partial charge in [0, 0.05) is 0 Å². The van der Waals surface area contributed by atoms with Crippen molar-refractivity contribution in [2.75, 3.05) is 6.61 Å². The summed E-state index contributed by atoms with van der Waals surface area (Å²) in [6, 6.07) is 6.45. The predicted molar refractivity (Wildman–Crippen MR) is 63.0 cm³/mol. The SMILES string of the molecule is CCOC(=O)c1cc2ccc(O)cc2[o+]c1C. The third-order valence-corrected chi connectivity index (χ3v) is 2.43. The zero-order valence-corrected chi connectivity index (χ0v) is 9.69.